The first-order chi connectivity index (χ1) is 8.51. The minimum absolute atomic E-state index is 0.532. The van der Waals surface area contributed by atoms with Gasteiger partial charge in [0, 0.05) is 24.8 Å². The van der Waals surface area contributed by atoms with Crippen molar-refractivity contribution in [2.24, 2.45) is 5.92 Å². The predicted octanol–water partition coefficient (Wildman–Crippen LogP) is 3.23. The summed E-state index contributed by atoms with van der Waals surface area (Å²) in [5.74, 6) is 1.38. The predicted molar refractivity (Wildman–Crippen MR) is 76.4 cm³/mol. The number of nitrogens with zero attached hydrogens (tertiary/aromatic N) is 1. The summed E-state index contributed by atoms with van der Waals surface area (Å²) in [6.45, 7) is 7.18. The highest BCUT2D eigenvalue weighted by Gasteiger charge is 2.17. The van der Waals surface area contributed by atoms with E-state index in [1.807, 2.05) is 18.2 Å². The summed E-state index contributed by atoms with van der Waals surface area (Å²) < 4.78 is 5.34. The molecule has 2 atom stereocenters. The Kier molecular flexibility index (Phi) is 5.48. The third kappa shape index (κ3) is 3.39. The van der Waals surface area contributed by atoms with Gasteiger partial charge in [-0.2, -0.15) is 0 Å². The second-order valence-electron chi connectivity index (χ2n) is 4.96. The van der Waals surface area contributed by atoms with E-state index in [9.17, 15) is 5.11 Å². The Hall–Kier alpha value is -1.22. The first-order valence-corrected chi connectivity index (χ1v) is 6.57. The van der Waals surface area contributed by atoms with Gasteiger partial charge in [0.1, 0.15) is 5.75 Å². The Morgan fingerprint density at radius 2 is 2.00 bits per heavy atom. The van der Waals surface area contributed by atoms with Crippen molar-refractivity contribution >= 4 is 5.69 Å². The van der Waals surface area contributed by atoms with E-state index in [1.165, 1.54) is 0 Å². The molecule has 18 heavy (non-hydrogen) atoms. The number of aliphatic hydroxyl groups excluding tert-OH is 1. The second-order valence-corrected chi connectivity index (χ2v) is 4.96. The molecular formula is C15H25NO2. The number of rotatable bonds is 6. The van der Waals surface area contributed by atoms with Gasteiger partial charge in [-0.1, -0.05) is 26.3 Å². The number of anilines is 1. The summed E-state index contributed by atoms with van der Waals surface area (Å²) in [5, 5.41) is 9.95. The molecule has 1 aromatic rings. The maximum absolute atomic E-state index is 9.95. The fraction of sp³-hybridized carbons (Fsp3) is 0.600. The zero-order valence-corrected chi connectivity index (χ0v) is 12.1. The van der Waals surface area contributed by atoms with E-state index in [2.05, 4.69) is 25.8 Å². The molecule has 0 heterocycles. The summed E-state index contributed by atoms with van der Waals surface area (Å²) in [6, 6.07) is 5.89. The number of hydrogen-bond donors (Lipinski definition) is 1. The van der Waals surface area contributed by atoms with Gasteiger partial charge in [-0.3, -0.25) is 0 Å². The van der Waals surface area contributed by atoms with Crippen LogP contribution in [0, 0.1) is 5.92 Å². The number of benzene rings is 1. The van der Waals surface area contributed by atoms with Gasteiger partial charge < -0.3 is 14.7 Å². The third-order valence-corrected chi connectivity index (χ3v) is 3.37. The summed E-state index contributed by atoms with van der Waals surface area (Å²) in [4.78, 5) is 2.19. The molecule has 0 spiro atoms. The summed E-state index contributed by atoms with van der Waals surface area (Å²) in [7, 11) is 3.70. The van der Waals surface area contributed by atoms with Gasteiger partial charge in [0.05, 0.1) is 13.2 Å². The van der Waals surface area contributed by atoms with Crippen molar-refractivity contribution in [1.29, 1.82) is 0 Å². The van der Waals surface area contributed by atoms with Crippen molar-refractivity contribution < 1.29 is 9.84 Å². The first kappa shape index (κ1) is 14.8. The van der Waals surface area contributed by atoms with Crippen molar-refractivity contribution in [3.8, 4) is 5.75 Å². The van der Waals surface area contributed by atoms with Crippen molar-refractivity contribution in [2.75, 3.05) is 25.6 Å². The molecule has 1 unspecified atom stereocenters. The zero-order chi connectivity index (χ0) is 13.7. The molecule has 1 rings (SSSR count). The lowest BCUT2D eigenvalue weighted by atomic mass is 10.0. The van der Waals surface area contributed by atoms with Crippen LogP contribution in [0.15, 0.2) is 18.2 Å². The van der Waals surface area contributed by atoms with E-state index >= 15 is 0 Å². The van der Waals surface area contributed by atoms with Gasteiger partial charge in [0.2, 0.25) is 0 Å². The third-order valence-electron chi connectivity index (χ3n) is 3.37. The van der Waals surface area contributed by atoms with Crippen molar-refractivity contribution in [2.45, 2.75) is 33.3 Å². The van der Waals surface area contributed by atoms with Gasteiger partial charge in [-0.15, -0.1) is 0 Å². The van der Waals surface area contributed by atoms with Crippen molar-refractivity contribution in [3.05, 3.63) is 23.8 Å². The number of methoxy groups -OCH3 is 1. The first-order valence-electron chi connectivity index (χ1n) is 6.57. The van der Waals surface area contributed by atoms with E-state index in [-0.39, 0.29) is 0 Å². The zero-order valence-electron chi connectivity index (χ0n) is 12.1. The van der Waals surface area contributed by atoms with Gasteiger partial charge in [0.25, 0.3) is 0 Å². The van der Waals surface area contributed by atoms with Crippen molar-refractivity contribution in [3.63, 3.8) is 0 Å². The monoisotopic (exact) mass is 251 g/mol. The van der Waals surface area contributed by atoms with E-state index in [0.717, 1.165) is 30.0 Å². The number of aliphatic hydroxyl groups is 1. The van der Waals surface area contributed by atoms with E-state index in [0.29, 0.717) is 5.92 Å². The Balaban J connectivity index is 3.07. The average molecular weight is 251 g/mol. The van der Waals surface area contributed by atoms with Crippen LogP contribution in [0.25, 0.3) is 0 Å². The van der Waals surface area contributed by atoms with Crippen LogP contribution < -0.4 is 9.64 Å². The molecular weight excluding hydrogens is 226 g/mol. The second kappa shape index (κ2) is 6.64. The lowest BCUT2D eigenvalue weighted by Crippen LogP contribution is -2.25. The molecule has 102 valence electrons. The van der Waals surface area contributed by atoms with Gasteiger partial charge in [-0.05, 0) is 25.0 Å². The molecule has 0 aliphatic rings. The molecule has 0 saturated heterocycles. The summed E-state index contributed by atoms with van der Waals surface area (Å²) in [5.41, 5.74) is 1.91. The quantitative estimate of drug-likeness (QED) is 0.842. The SMILES string of the molecule is CCC(C)CN(C)c1cccc(OC)c1[C@H](C)O. The Labute approximate surface area is 110 Å². The standard InChI is InChI=1S/C15H25NO2/c1-6-11(2)10-16(4)13-8-7-9-14(18-5)15(13)12(3)17/h7-9,11-12,17H,6,10H2,1-5H3/t11?,12-/m0/s1. The molecule has 0 bridgehead atoms. The van der Waals surface area contributed by atoms with E-state index in [4.69, 9.17) is 4.74 Å². The molecule has 0 aliphatic heterocycles. The van der Waals surface area contributed by atoms with Crippen LogP contribution in [0.2, 0.25) is 0 Å². The number of ether oxygens (including phenoxy) is 1. The van der Waals surface area contributed by atoms with Crippen LogP contribution in [-0.4, -0.2) is 25.8 Å². The van der Waals surface area contributed by atoms with Gasteiger partial charge in [-0.25, -0.2) is 0 Å². The normalized spacial score (nSPS) is 14.1. The Morgan fingerprint density at radius 1 is 1.33 bits per heavy atom. The minimum atomic E-state index is -0.532. The molecule has 0 amide bonds. The molecule has 0 radical (unpaired) electrons. The van der Waals surface area contributed by atoms with Crippen LogP contribution >= 0.6 is 0 Å². The topological polar surface area (TPSA) is 32.7 Å². The van der Waals surface area contributed by atoms with E-state index in [1.54, 1.807) is 14.0 Å². The molecule has 1 N–H and O–H groups in total. The fourth-order valence-electron chi connectivity index (χ4n) is 2.16. The minimum Gasteiger partial charge on any atom is -0.496 e. The van der Waals surface area contributed by atoms with Crippen LogP contribution in [-0.2, 0) is 0 Å². The molecule has 3 heteroatoms. The highest BCUT2D eigenvalue weighted by atomic mass is 16.5. The van der Waals surface area contributed by atoms with Gasteiger partial charge >= 0.3 is 0 Å². The average Bonchev–Trinajstić information content (AvgIpc) is 2.37. The molecule has 3 nitrogen and oxygen atoms in total. The Bertz CT molecular complexity index is 377. The highest BCUT2D eigenvalue weighted by Crippen LogP contribution is 2.34. The Morgan fingerprint density at radius 3 is 2.50 bits per heavy atom. The van der Waals surface area contributed by atoms with Gasteiger partial charge in [0.15, 0.2) is 0 Å². The van der Waals surface area contributed by atoms with Crippen LogP contribution in [0.3, 0.4) is 0 Å². The smallest absolute Gasteiger partial charge is 0.126 e. The maximum Gasteiger partial charge on any atom is 0.126 e. The molecule has 1 aromatic carbocycles. The van der Waals surface area contributed by atoms with Crippen LogP contribution in [0.1, 0.15) is 38.9 Å². The lowest BCUT2D eigenvalue weighted by molar-refractivity contribution is 0.194. The molecule has 0 saturated carbocycles. The number of hydrogen-bond acceptors (Lipinski definition) is 3. The fourth-order valence-corrected chi connectivity index (χ4v) is 2.16. The lowest BCUT2D eigenvalue weighted by Gasteiger charge is -2.27. The molecule has 0 aromatic heterocycles. The largest absolute Gasteiger partial charge is 0.496 e. The van der Waals surface area contributed by atoms with Crippen molar-refractivity contribution in [1.82, 2.24) is 0 Å². The molecule has 0 fully saturated rings. The summed E-state index contributed by atoms with van der Waals surface area (Å²) in [6.07, 6.45) is 0.619. The molecule has 0 aliphatic carbocycles. The van der Waals surface area contributed by atoms with E-state index < -0.39 is 6.10 Å². The highest BCUT2D eigenvalue weighted by molar-refractivity contribution is 5.60. The summed E-state index contributed by atoms with van der Waals surface area (Å²) >= 11 is 0. The van der Waals surface area contributed by atoms with Crippen LogP contribution in [0.5, 0.6) is 5.75 Å². The maximum atomic E-state index is 9.95. The van der Waals surface area contributed by atoms with Crippen LogP contribution in [0.4, 0.5) is 5.69 Å².